The van der Waals surface area contributed by atoms with Crippen LogP contribution in [-0.4, -0.2) is 30.4 Å². The molecule has 3 aromatic carbocycles. The molecule has 1 saturated carbocycles. The van der Waals surface area contributed by atoms with E-state index in [9.17, 15) is 14.4 Å². The quantitative estimate of drug-likeness (QED) is 0.468. The van der Waals surface area contributed by atoms with Crippen LogP contribution >= 0.6 is 0 Å². The van der Waals surface area contributed by atoms with Crippen molar-refractivity contribution in [2.45, 2.75) is 18.9 Å². The van der Waals surface area contributed by atoms with Gasteiger partial charge in [0.25, 0.3) is 11.8 Å². The maximum atomic E-state index is 12.6. The molecule has 0 radical (unpaired) electrons. The molecule has 0 saturated heterocycles. The van der Waals surface area contributed by atoms with Crippen LogP contribution in [0.2, 0.25) is 0 Å². The number of amides is 2. The molecule has 0 spiro atoms. The fraction of sp³-hybridized carbons (Fsp3) is 0.160. The average molecular weight is 429 g/mol. The summed E-state index contributed by atoms with van der Waals surface area (Å²) in [6.07, 6.45) is 2.00. The van der Waals surface area contributed by atoms with E-state index >= 15 is 0 Å². The summed E-state index contributed by atoms with van der Waals surface area (Å²) in [4.78, 5) is 37.0. The van der Waals surface area contributed by atoms with Crippen molar-refractivity contribution in [2.75, 3.05) is 17.2 Å². The van der Waals surface area contributed by atoms with Gasteiger partial charge < -0.3 is 20.7 Å². The van der Waals surface area contributed by atoms with Gasteiger partial charge in [0.05, 0.1) is 11.3 Å². The van der Waals surface area contributed by atoms with Crippen LogP contribution in [0.3, 0.4) is 0 Å². The molecule has 3 N–H and O–H groups in total. The number of ether oxygens (including phenoxy) is 1. The Kier molecular flexibility index (Phi) is 6.46. The average Bonchev–Trinajstić information content (AvgIpc) is 3.63. The van der Waals surface area contributed by atoms with Crippen molar-refractivity contribution < 1.29 is 19.1 Å². The van der Waals surface area contributed by atoms with Gasteiger partial charge >= 0.3 is 5.97 Å². The molecule has 7 nitrogen and oxygen atoms in total. The molecule has 1 fully saturated rings. The summed E-state index contributed by atoms with van der Waals surface area (Å²) >= 11 is 0. The molecule has 2 amide bonds. The molecule has 162 valence electrons. The molecule has 0 atom stereocenters. The predicted molar refractivity (Wildman–Crippen MR) is 122 cm³/mol. The Bertz CT molecular complexity index is 1130. The second-order valence-corrected chi connectivity index (χ2v) is 7.49. The third-order valence-corrected chi connectivity index (χ3v) is 4.86. The first-order valence-electron chi connectivity index (χ1n) is 10.4. The van der Waals surface area contributed by atoms with Crippen molar-refractivity contribution in [1.29, 1.82) is 0 Å². The standard InChI is InChI=1S/C25H23N3O4/c29-23(27-20-10-6-7-17(15-20)24(30)28-19-13-14-19)16-32-25(31)21-11-4-5-12-22(21)26-18-8-2-1-3-9-18/h1-12,15,19,26H,13-14,16H2,(H,27,29)(H,28,30). The number of para-hydroxylation sites is 2. The van der Waals surface area contributed by atoms with E-state index < -0.39 is 18.5 Å². The zero-order valence-corrected chi connectivity index (χ0v) is 17.3. The Hall–Kier alpha value is -4.13. The zero-order chi connectivity index (χ0) is 22.3. The highest BCUT2D eigenvalue weighted by atomic mass is 16.5. The van der Waals surface area contributed by atoms with Crippen molar-refractivity contribution >= 4 is 34.8 Å². The highest BCUT2D eigenvalue weighted by Gasteiger charge is 2.24. The lowest BCUT2D eigenvalue weighted by Gasteiger charge is -2.12. The number of carbonyl (C=O) groups is 3. The first kappa shape index (κ1) is 21.1. The van der Waals surface area contributed by atoms with E-state index in [4.69, 9.17) is 4.74 Å². The van der Waals surface area contributed by atoms with Crippen LogP contribution in [0.15, 0.2) is 78.9 Å². The molecule has 1 aliphatic rings. The number of nitrogens with one attached hydrogen (secondary N) is 3. The second-order valence-electron chi connectivity index (χ2n) is 7.49. The minimum Gasteiger partial charge on any atom is -0.452 e. The van der Waals surface area contributed by atoms with Gasteiger partial charge in [-0.25, -0.2) is 4.79 Å². The van der Waals surface area contributed by atoms with Crippen molar-refractivity contribution in [3.63, 3.8) is 0 Å². The van der Waals surface area contributed by atoms with Crippen LogP contribution in [0.1, 0.15) is 33.6 Å². The second kappa shape index (κ2) is 9.78. The Morgan fingerprint density at radius 2 is 1.56 bits per heavy atom. The SMILES string of the molecule is O=C(COC(=O)c1ccccc1Nc1ccccc1)Nc1cccc(C(=O)NC2CC2)c1. The molecule has 4 rings (SSSR count). The number of hydrogen-bond acceptors (Lipinski definition) is 5. The van der Waals surface area contributed by atoms with E-state index in [0.717, 1.165) is 18.5 Å². The minimum absolute atomic E-state index is 0.169. The van der Waals surface area contributed by atoms with Gasteiger partial charge in [-0.15, -0.1) is 0 Å². The number of anilines is 3. The molecule has 1 aliphatic carbocycles. The maximum Gasteiger partial charge on any atom is 0.340 e. The highest BCUT2D eigenvalue weighted by molar-refractivity contribution is 6.00. The molecule has 3 aromatic rings. The lowest BCUT2D eigenvalue weighted by Crippen LogP contribution is -2.25. The topological polar surface area (TPSA) is 96.5 Å². The molecular formula is C25H23N3O4. The van der Waals surface area contributed by atoms with Crippen LogP contribution in [0.25, 0.3) is 0 Å². The van der Waals surface area contributed by atoms with Gasteiger partial charge in [0.1, 0.15) is 0 Å². The summed E-state index contributed by atoms with van der Waals surface area (Å²) in [5.74, 6) is -1.28. The third kappa shape index (κ3) is 5.72. The Balaban J connectivity index is 1.33. The number of hydrogen-bond donors (Lipinski definition) is 3. The molecule has 0 aromatic heterocycles. The van der Waals surface area contributed by atoms with Gasteiger partial charge in [0.2, 0.25) is 0 Å². The number of carbonyl (C=O) groups excluding carboxylic acids is 3. The Morgan fingerprint density at radius 3 is 2.34 bits per heavy atom. The molecule has 0 bridgehead atoms. The molecule has 0 heterocycles. The van der Waals surface area contributed by atoms with Crippen LogP contribution in [-0.2, 0) is 9.53 Å². The van der Waals surface area contributed by atoms with Crippen LogP contribution in [0, 0.1) is 0 Å². The summed E-state index contributed by atoms with van der Waals surface area (Å²) in [6, 6.07) is 23.3. The summed E-state index contributed by atoms with van der Waals surface area (Å²) in [5, 5.41) is 8.74. The van der Waals surface area contributed by atoms with Crippen LogP contribution < -0.4 is 16.0 Å². The normalized spacial score (nSPS) is 12.5. The Morgan fingerprint density at radius 1 is 0.844 bits per heavy atom. The van der Waals surface area contributed by atoms with E-state index in [2.05, 4.69) is 16.0 Å². The monoisotopic (exact) mass is 429 g/mol. The van der Waals surface area contributed by atoms with Crippen LogP contribution in [0.5, 0.6) is 0 Å². The molecule has 7 heteroatoms. The van der Waals surface area contributed by atoms with E-state index in [1.54, 1.807) is 48.5 Å². The molecule has 0 unspecified atom stereocenters. The van der Waals surface area contributed by atoms with Gasteiger partial charge in [0.15, 0.2) is 6.61 Å². The molecule has 32 heavy (non-hydrogen) atoms. The Labute approximate surface area is 185 Å². The van der Waals surface area contributed by atoms with Crippen molar-refractivity contribution in [1.82, 2.24) is 5.32 Å². The van der Waals surface area contributed by atoms with Crippen LogP contribution in [0.4, 0.5) is 17.1 Å². The zero-order valence-electron chi connectivity index (χ0n) is 17.3. The summed E-state index contributed by atoms with van der Waals surface area (Å²) in [7, 11) is 0. The van der Waals surface area contributed by atoms with Gasteiger partial charge in [-0.2, -0.15) is 0 Å². The van der Waals surface area contributed by atoms with E-state index in [1.807, 2.05) is 30.3 Å². The number of esters is 1. The summed E-state index contributed by atoms with van der Waals surface area (Å²) < 4.78 is 5.21. The largest absolute Gasteiger partial charge is 0.452 e. The first-order chi connectivity index (χ1) is 15.6. The maximum absolute atomic E-state index is 12.6. The minimum atomic E-state index is -0.614. The van der Waals surface area contributed by atoms with Gasteiger partial charge in [-0.1, -0.05) is 36.4 Å². The van der Waals surface area contributed by atoms with E-state index in [-0.39, 0.29) is 11.9 Å². The fourth-order valence-electron chi connectivity index (χ4n) is 3.09. The van der Waals surface area contributed by atoms with Crippen molar-refractivity contribution in [3.8, 4) is 0 Å². The van der Waals surface area contributed by atoms with Crippen molar-refractivity contribution in [2.24, 2.45) is 0 Å². The lowest BCUT2D eigenvalue weighted by atomic mass is 10.1. The summed E-state index contributed by atoms with van der Waals surface area (Å²) in [5.41, 5.74) is 2.66. The molecular weight excluding hydrogens is 406 g/mol. The first-order valence-corrected chi connectivity index (χ1v) is 10.4. The fourth-order valence-corrected chi connectivity index (χ4v) is 3.09. The van der Waals surface area contributed by atoms with Crippen molar-refractivity contribution in [3.05, 3.63) is 90.0 Å². The van der Waals surface area contributed by atoms with E-state index in [0.29, 0.717) is 22.5 Å². The van der Waals surface area contributed by atoms with E-state index in [1.165, 1.54) is 0 Å². The molecule has 0 aliphatic heterocycles. The van der Waals surface area contributed by atoms with Gasteiger partial charge in [-0.05, 0) is 55.3 Å². The third-order valence-electron chi connectivity index (χ3n) is 4.86. The highest BCUT2D eigenvalue weighted by Crippen LogP contribution is 2.22. The van der Waals surface area contributed by atoms with Gasteiger partial charge in [0, 0.05) is 23.0 Å². The lowest BCUT2D eigenvalue weighted by molar-refractivity contribution is -0.119. The predicted octanol–water partition coefficient (Wildman–Crippen LogP) is 4.12. The smallest absolute Gasteiger partial charge is 0.340 e. The number of benzene rings is 3. The van der Waals surface area contributed by atoms with Gasteiger partial charge in [-0.3, -0.25) is 9.59 Å². The number of rotatable bonds is 8. The summed E-state index contributed by atoms with van der Waals surface area (Å²) in [6.45, 7) is -0.447.